The molecule has 242 valence electrons. The van der Waals surface area contributed by atoms with Crippen LogP contribution in [-0.2, 0) is 5.41 Å². The second-order valence-electron chi connectivity index (χ2n) is 13.7. The van der Waals surface area contributed by atoms with Gasteiger partial charge in [-0.1, -0.05) is 117 Å². The van der Waals surface area contributed by atoms with E-state index in [1.54, 1.807) is 0 Å². The van der Waals surface area contributed by atoms with Crippen LogP contribution in [0.3, 0.4) is 0 Å². The zero-order valence-corrected chi connectivity index (χ0v) is 28.6. The molecule has 1 aliphatic carbocycles. The van der Waals surface area contributed by atoms with Crippen LogP contribution in [0.1, 0.15) is 30.5 Å². The van der Waals surface area contributed by atoms with E-state index in [-0.39, 0.29) is 5.41 Å². The maximum atomic E-state index is 9.58. The average Bonchev–Trinajstić information content (AvgIpc) is 3.41. The Morgan fingerprint density at radius 2 is 1.00 bits per heavy atom. The summed E-state index contributed by atoms with van der Waals surface area (Å²) in [5.74, 6) is 0. The van der Waals surface area contributed by atoms with Crippen molar-refractivity contribution in [3.05, 3.63) is 193 Å². The first-order valence-electron chi connectivity index (χ1n) is 17.4. The summed E-state index contributed by atoms with van der Waals surface area (Å²) in [6.45, 7) is 4.72. The van der Waals surface area contributed by atoms with Crippen molar-refractivity contribution in [1.82, 2.24) is 0 Å². The molecule has 51 heavy (non-hydrogen) atoms. The Morgan fingerprint density at radius 1 is 0.451 bits per heavy atom. The van der Waals surface area contributed by atoms with Gasteiger partial charge in [0, 0.05) is 38.9 Å². The van der Waals surface area contributed by atoms with Gasteiger partial charge in [0.05, 0.1) is 23.0 Å². The quantitative estimate of drug-likeness (QED) is 0.179. The van der Waals surface area contributed by atoms with Gasteiger partial charge in [-0.2, -0.15) is 5.26 Å². The Kier molecular flexibility index (Phi) is 7.19. The van der Waals surface area contributed by atoms with Crippen molar-refractivity contribution < 1.29 is 0 Å². The first kappa shape index (κ1) is 30.4. The molecule has 0 heterocycles. The van der Waals surface area contributed by atoms with E-state index in [0.29, 0.717) is 5.56 Å². The second kappa shape index (κ2) is 12.1. The largest absolute Gasteiger partial charge is 0.310 e. The van der Waals surface area contributed by atoms with Gasteiger partial charge < -0.3 is 9.80 Å². The Hall–Kier alpha value is -6.63. The smallest absolute Gasteiger partial charge is 0.0991 e. The van der Waals surface area contributed by atoms with Crippen LogP contribution in [0.5, 0.6) is 0 Å². The Bertz CT molecular complexity index is 2570. The summed E-state index contributed by atoms with van der Waals surface area (Å²) in [6, 6.07) is 64.8. The fraction of sp³-hybridized carbons (Fsp3) is 0.0625. The lowest BCUT2D eigenvalue weighted by molar-refractivity contribution is 0.661. The number of anilines is 6. The first-order valence-corrected chi connectivity index (χ1v) is 17.4. The van der Waals surface area contributed by atoms with Gasteiger partial charge in [0.25, 0.3) is 0 Å². The van der Waals surface area contributed by atoms with Crippen LogP contribution >= 0.6 is 0 Å². The van der Waals surface area contributed by atoms with E-state index in [2.05, 4.69) is 194 Å². The molecule has 0 radical (unpaired) electrons. The number of para-hydroxylation sites is 2. The van der Waals surface area contributed by atoms with E-state index in [9.17, 15) is 5.26 Å². The predicted molar refractivity (Wildman–Crippen MR) is 213 cm³/mol. The molecule has 0 saturated heterocycles. The van der Waals surface area contributed by atoms with Gasteiger partial charge in [-0.3, -0.25) is 0 Å². The molecule has 0 bridgehead atoms. The van der Waals surface area contributed by atoms with E-state index in [1.807, 2.05) is 12.1 Å². The third kappa shape index (κ3) is 4.96. The highest BCUT2D eigenvalue weighted by Gasteiger charge is 2.38. The minimum absolute atomic E-state index is 0.284. The topological polar surface area (TPSA) is 30.3 Å². The van der Waals surface area contributed by atoms with Gasteiger partial charge in [0.1, 0.15) is 0 Å². The molecule has 0 aliphatic heterocycles. The molecule has 0 spiro atoms. The molecule has 0 amide bonds. The standard InChI is InChI=1S/C48H35N3/c1-48(2)43-30-38(51(37-26-24-33(32-49)25-27-37)45-23-13-15-34-14-9-10-20-39(34)45)28-29-42(43)47-41-22-12-11-21-40(41)46(31-44(47)48)50(35-16-5-3-6-17-35)36-18-7-4-8-19-36/h3-31H,1-2H3. The van der Waals surface area contributed by atoms with Crippen LogP contribution in [0.4, 0.5) is 34.1 Å². The summed E-state index contributed by atoms with van der Waals surface area (Å²) < 4.78 is 0. The number of rotatable bonds is 6. The van der Waals surface area contributed by atoms with E-state index in [4.69, 9.17) is 0 Å². The maximum Gasteiger partial charge on any atom is 0.0991 e. The van der Waals surface area contributed by atoms with E-state index in [1.165, 1.54) is 43.8 Å². The molecule has 9 rings (SSSR count). The van der Waals surface area contributed by atoms with Gasteiger partial charge >= 0.3 is 0 Å². The van der Waals surface area contributed by atoms with E-state index < -0.39 is 0 Å². The maximum absolute atomic E-state index is 9.58. The normalized spacial score (nSPS) is 12.6. The highest BCUT2D eigenvalue weighted by atomic mass is 15.1. The monoisotopic (exact) mass is 653 g/mol. The van der Waals surface area contributed by atoms with Gasteiger partial charge in [0.2, 0.25) is 0 Å². The Morgan fingerprint density at radius 3 is 1.69 bits per heavy atom. The molecule has 0 saturated carbocycles. The van der Waals surface area contributed by atoms with Gasteiger partial charge in [-0.05, 0) is 106 Å². The van der Waals surface area contributed by atoms with E-state index in [0.717, 1.165) is 34.1 Å². The lowest BCUT2D eigenvalue weighted by atomic mass is 9.81. The number of nitrogens with zero attached hydrogens (tertiary/aromatic N) is 3. The van der Waals surface area contributed by atoms with Crippen LogP contribution in [0.2, 0.25) is 0 Å². The zero-order valence-electron chi connectivity index (χ0n) is 28.6. The van der Waals surface area contributed by atoms with Crippen LogP contribution in [-0.4, -0.2) is 0 Å². The molecule has 0 aromatic heterocycles. The lowest BCUT2D eigenvalue weighted by Gasteiger charge is -2.30. The van der Waals surface area contributed by atoms with Crippen molar-refractivity contribution in [2.45, 2.75) is 19.3 Å². The van der Waals surface area contributed by atoms with Crippen molar-refractivity contribution in [1.29, 1.82) is 5.26 Å². The number of hydrogen-bond acceptors (Lipinski definition) is 3. The number of benzene rings is 8. The molecular formula is C48H35N3. The lowest BCUT2D eigenvalue weighted by Crippen LogP contribution is -2.18. The van der Waals surface area contributed by atoms with Crippen molar-refractivity contribution in [3.8, 4) is 17.2 Å². The summed E-state index contributed by atoms with van der Waals surface area (Å²) in [4.78, 5) is 4.72. The van der Waals surface area contributed by atoms with Crippen LogP contribution in [0.15, 0.2) is 176 Å². The fourth-order valence-electron chi connectivity index (χ4n) is 7.97. The van der Waals surface area contributed by atoms with Crippen LogP contribution in [0.25, 0.3) is 32.7 Å². The Labute approximate surface area is 298 Å². The molecule has 8 aromatic carbocycles. The highest BCUT2D eigenvalue weighted by molar-refractivity contribution is 6.10. The minimum atomic E-state index is -0.284. The second-order valence-corrected chi connectivity index (χ2v) is 13.7. The Balaban J connectivity index is 1.26. The fourth-order valence-corrected chi connectivity index (χ4v) is 7.97. The number of nitriles is 1. The zero-order chi connectivity index (χ0) is 34.5. The SMILES string of the molecule is CC1(C)c2cc(N(c3ccc(C#N)cc3)c3cccc4ccccc34)ccc2-c2c1cc(N(c1ccccc1)c1ccccc1)c1ccccc21. The minimum Gasteiger partial charge on any atom is -0.310 e. The molecule has 0 fully saturated rings. The molecule has 1 aliphatic rings. The van der Waals surface area contributed by atoms with Crippen molar-refractivity contribution in [3.63, 3.8) is 0 Å². The van der Waals surface area contributed by atoms with Crippen LogP contribution in [0, 0.1) is 11.3 Å². The number of hydrogen-bond donors (Lipinski definition) is 0. The first-order chi connectivity index (χ1) is 25.0. The molecule has 3 nitrogen and oxygen atoms in total. The van der Waals surface area contributed by atoms with Crippen molar-refractivity contribution in [2.75, 3.05) is 9.80 Å². The molecule has 0 atom stereocenters. The summed E-state index contributed by atoms with van der Waals surface area (Å²) in [5.41, 5.74) is 12.1. The van der Waals surface area contributed by atoms with Gasteiger partial charge in [-0.15, -0.1) is 0 Å². The average molecular weight is 654 g/mol. The van der Waals surface area contributed by atoms with E-state index >= 15 is 0 Å². The molecule has 0 unspecified atom stereocenters. The summed E-state index contributed by atoms with van der Waals surface area (Å²) in [6.07, 6.45) is 0. The third-order valence-electron chi connectivity index (χ3n) is 10.4. The van der Waals surface area contributed by atoms with Crippen molar-refractivity contribution >= 4 is 55.7 Å². The molecule has 3 heteroatoms. The van der Waals surface area contributed by atoms with Crippen molar-refractivity contribution in [2.24, 2.45) is 0 Å². The summed E-state index contributed by atoms with van der Waals surface area (Å²) in [5, 5.41) is 14.4. The molecular weight excluding hydrogens is 619 g/mol. The van der Waals surface area contributed by atoms with Crippen LogP contribution < -0.4 is 9.80 Å². The summed E-state index contributed by atoms with van der Waals surface area (Å²) in [7, 11) is 0. The highest BCUT2D eigenvalue weighted by Crippen LogP contribution is 2.55. The predicted octanol–water partition coefficient (Wildman–Crippen LogP) is 13.1. The molecule has 0 N–H and O–H groups in total. The van der Waals surface area contributed by atoms with Gasteiger partial charge in [0.15, 0.2) is 0 Å². The molecule has 8 aromatic rings. The third-order valence-corrected chi connectivity index (χ3v) is 10.4. The number of fused-ring (bicyclic) bond motifs is 6. The van der Waals surface area contributed by atoms with Gasteiger partial charge in [-0.25, -0.2) is 0 Å². The summed E-state index contributed by atoms with van der Waals surface area (Å²) >= 11 is 0.